The predicted molar refractivity (Wildman–Crippen MR) is 76.2 cm³/mol. The van der Waals surface area contributed by atoms with Crippen molar-refractivity contribution in [1.82, 2.24) is 10.2 Å². The molecule has 0 spiro atoms. The van der Waals surface area contributed by atoms with Gasteiger partial charge in [0.1, 0.15) is 0 Å². The summed E-state index contributed by atoms with van der Waals surface area (Å²) >= 11 is 9.37. The number of nitrogens with zero attached hydrogens (tertiary/aromatic N) is 1. The summed E-state index contributed by atoms with van der Waals surface area (Å²) in [5, 5.41) is 8.72. The van der Waals surface area contributed by atoms with Crippen LogP contribution >= 0.6 is 27.5 Å². The lowest BCUT2D eigenvalue weighted by atomic mass is 10.2. The first-order valence-electron chi connectivity index (χ1n) is 5.48. The monoisotopic (exact) mass is 304 g/mol. The van der Waals surface area contributed by atoms with Crippen LogP contribution in [0.2, 0.25) is 5.02 Å². The average Bonchev–Trinajstić information content (AvgIpc) is 2.66. The van der Waals surface area contributed by atoms with E-state index in [-0.39, 0.29) is 0 Å². The van der Waals surface area contributed by atoms with Crippen LogP contribution in [0.3, 0.4) is 0 Å². The average molecular weight is 306 g/mol. The third-order valence-electron chi connectivity index (χ3n) is 1.75. The first kappa shape index (κ1) is 15.5. The second kappa shape index (κ2) is 7.69. The fourth-order valence-corrected chi connectivity index (χ4v) is 2.15. The van der Waals surface area contributed by atoms with Crippen molar-refractivity contribution in [3.8, 4) is 0 Å². The van der Waals surface area contributed by atoms with Gasteiger partial charge in [-0.3, -0.25) is 5.10 Å². The van der Waals surface area contributed by atoms with Crippen molar-refractivity contribution in [3.05, 3.63) is 27.3 Å². The van der Waals surface area contributed by atoms with Crippen LogP contribution in [0.4, 0.5) is 0 Å². The molecule has 0 aliphatic heterocycles. The van der Waals surface area contributed by atoms with Gasteiger partial charge in [-0.2, -0.15) is 5.10 Å². The molecule has 0 radical (unpaired) electrons. The van der Waals surface area contributed by atoms with E-state index in [0.717, 1.165) is 26.1 Å². The molecule has 2 aromatic rings. The maximum atomic E-state index is 6.02. The number of aryl methyl sites for hydroxylation is 1. The minimum absolute atomic E-state index is 0.727. The van der Waals surface area contributed by atoms with Gasteiger partial charge in [-0.05, 0) is 19.1 Å². The fraction of sp³-hybridized carbons (Fsp3) is 0.417. The Labute approximate surface area is 111 Å². The van der Waals surface area contributed by atoms with Crippen molar-refractivity contribution in [2.75, 3.05) is 0 Å². The molecular formula is C12H18BrClN2. The predicted octanol–water partition coefficient (Wildman–Crippen LogP) is 5.34. The number of H-pyrrole nitrogens is 1. The molecule has 2 rings (SSSR count). The van der Waals surface area contributed by atoms with Gasteiger partial charge >= 0.3 is 0 Å². The Morgan fingerprint density at radius 3 is 2.31 bits per heavy atom. The molecule has 1 heterocycles. The van der Waals surface area contributed by atoms with E-state index in [1.165, 1.54) is 0 Å². The highest BCUT2D eigenvalue weighted by Gasteiger charge is 2.06. The van der Waals surface area contributed by atoms with Crippen LogP contribution in [0.15, 0.2) is 16.6 Å². The molecule has 0 amide bonds. The van der Waals surface area contributed by atoms with E-state index in [1.807, 2.05) is 46.8 Å². The number of hydrogen-bond donors (Lipinski definition) is 1. The van der Waals surface area contributed by atoms with Gasteiger partial charge < -0.3 is 0 Å². The Morgan fingerprint density at radius 2 is 1.75 bits per heavy atom. The van der Waals surface area contributed by atoms with E-state index in [1.54, 1.807) is 0 Å². The van der Waals surface area contributed by atoms with Gasteiger partial charge in [0.25, 0.3) is 0 Å². The summed E-state index contributed by atoms with van der Waals surface area (Å²) in [4.78, 5) is 0. The number of aromatic nitrogens is 2. The molecule has 90 valence electrons. The van der Waals surface area contributed by atoms with E-state index in [2.05, 4.69) is 26.1 Å². The van der Waals surface area contributed by atoms with Crippen molar-refractivity contribution >= 4 is 38.4 Å². The molecule has 16 heavy (non-hydrogen) atoms. The maximum absolute atomic E-state index is 6.02. The molecule has 1 aromatic carbocycles. The van der Waals surface area contributed by atoms with Gasteiger partial charge in [0.2, 0.25) is 0 Å². The summed E-state index contributed by atoms with van der Waals surface area (Å²) in [5.74, 6) is 0. The van der Waals surface area contributed by atoms with Crippen molar-refractivity contribution in [2.45, 2.75) is 34.6 Å². The minimum Gasteiger partial charge on any atom is -0.282 e. The Morgan fingerprint density at radius 1 is 1.19 bits per heavy atom. The highest BCUT2D eigenvalue weighted by molar-refractivity contribution is 9.10. The van der Waals surface area contributed by atoms with Crippen molar-refractivity contribution < 1.29 is 0 Å². The minimum atomic E-state index is 0.727. The first-order valence-corrected chi connectivity index (χ1v) is 6.65. The van der Waals surface area contributed by atoms with Crippen LogP contribution in [-0.2, 0) is 0 Å². The molecule has 0 saturated carbocycles. The number of fused-ring (bicyclic) bond motifs is 1. The van der Waals surface area contributed by atoms with Crippen LogP contribution < -0.4 is 0 Å². The summed E-state index contributed by atoms with van der Waals surface area (Å²) < 4.78 is 0.950. The van der Waals surface area contributed by atoms with E-state index < -0.39 is 0 Å². The van der Waals surface area contributed by atoms with Crippen LogP contribution in [0.1, 0.15) is 33.4 Å². The fourth-order valence-electron chi connectivity index (χ4n) is 1.22. The van der Waals surface area contributed by atoms with Gasteiger partial charge in [-0.25, -0.2) is 0 Å². The summed E-state index contributed by atoms with van der Waals surface area (Å²) in [7, 11) is 0. The van der Waals surface area contributed by atoms with Crippen molar-refractivity contribution in [3.63, 3.8) is 0 Å². The van der Waals surface area contributed by atoms with Gasteiger partial charge in [-0.1, -0.05) is 55.2 Å². The van der Waals surface area contributed by atoms with Crippen molar-refractivity contribution in [2.24, 2.45) is 0 Å². The first-order chi connectivity index (χ1) is 7.68. The summed E-state index contributed by atoms with van der Waals surface area (Å²) in [5.41, 5.74) is 1.90. The molecule has 0 atom stereocenters. The number of benzene rings is 1. The topological polar surface area (TPSA) is 28.7 Å². The van der Waals surface area contributed by atoms with Gasteiger partial charge in [0.05, 0.1) is 10.5 Å². The highest BCUT2D eigenvalue weighted by Crippen LogP contribution is 2.28. The third-order valence-corrected chi connectivity index (χ3v) is 2.51. The molecule has 0 bridgehead atoms. The molecule has 0 aliphatic rings. The lowest BCUT2D eigenvalue weighted by Gasteiger charge is -1.94. The molecule has 2 nitrogen and oxygen atoms in total. The molecule has 0 saturated heterocycles. The van der Waals surface area contributed by atoms with E-state index in [0.29, 0.717) is 0 Å². The van der Waals surface area contributed by atoms with Crippen LogP contribution in [0, 0.1) is 6.92 Å². The second-order valence-corrected chi connectivity index (χ2v) is 3.95. The smallest absolute Gasteiger partial charge is 0.0949 e. The normalized spacial score (nSPS) is 8.94. The molecule has 0 fully saturated rings. The van der Waals surface area contributed by atoms with Gasteiger partial charge in [0.15, 0.2) is 0 Å². The molecule has 1 N–H and O–H groups in total. The zero-order valence-corrected chi connectivity index (χ0v) is 12.7. The second-order valence-electron chi connectivity index (χ2n) is 2.63. The Kier molecular flexibility index (Phi) is 7.43. The van der Waals surface area contributed by atoms with Crippen LogP contribution in [0.5, 0.6) is 0 Å². The van der Waals surface area contributed by atoms with Crippen molar-refractivity contribution in [1.29, 1.82) is 0 Å². The van der Waals surface area contributed by atoms with E-state index in [4.69, 9.17) is 11.6 Å². The number of halogens is 2. The summed E-state index contributed by atoms with van der Waals surface area (Å²) in [6, 6.07) is 3.80. The van der Waals surface area contributed by atoms with E-state index >= 15 is 0 Å². The largest absolute Gasteiger partial charge is 0.282 e. The van der Waals surface area contributed by atoms with Crippen LogP contribution in [0.25, 0.3) is 10.9 Å². The summed E-state index contributed by atoms with van der Waals surface area (Å²) in [6.45, 7) is 9.95. The Bertz CT molecular complexity index is 438. The lowest BCUT2D eigenvalue weighted by Crippen LogP contribution is -1.73. The van der Waals surface area contributed by atoms with Gasteiger partial charge in [0, 0.05) is 15.6 Å². The number of hydrogen-bond acceptors (Lipinski definition) is 1. The molecule has 1 aromatic heterocycles. The maximum Gasteiger partial charge on any atom is 0.0949 e. The lowest BCUT2D eigenvalue weighted by molar-refractivity contribution is 1.07. The Hall–Kier alpha value is -0.540. The zero-order chi connectivity index (χ0) is 12.7. The SMILES string of the molecule is CC.CC.Cc1[nH]nc2cc(Br)cc(Cl)c12. The molecule has 0 unspecified atom stereocenters. The zero-order valence-electron chi connectivity index (χ0n) is 10.4. The number of rotatable bonds is 0. The Balaban J connectivity index is 0.000000509. The number of nitrogens with one attached hydrogen (secondary N) is 1. The molecule has 4 heteroatoms. The molecule has 0 aliphatic carbocycles. The highest BCUT2D eigenvalue weighted by atomic mass is 79.9. The molecular weight excluding hydrogens is 288 g/mol. The summed E-state index contributed by atoms with van der Waals surface area (Å²) in [6.07, 6.45) is 0. The van der Waals surface area contributed by atoms with Gasteiger partial charge in [-0.15, -0.1) is 0 Å². The van der Waals surface area contributed by atoms with E-state index in [9.17, 15) is 0 Å². The van der Waals surface area contributed by atoms with Crippen LogP contribution in [-0.4, -0.2) is 10.2 Å². The number of aromatic amines is 1. The quantitative estimate of drug-likeness (QED) is 0.699. The third kappa shape index (κ3) is 3.49. The standard InChI is InChI=1S/C8H6BrClN2.2C2H6/c1-4-8-6(10)2-5(9)3-7(8)12-11-4;2*1-2/h2-3H,1H3,(H,11,12);2*1-2H3.